The van der Waals surface area contributed by atoms with Gasteiger partial charge in [0, 0.05) is 0 Å². The molecule has 134 valence electrons. The van der Waals surface area contributed by atoms with Gasteiger partial charge < -0.3 is 0 Å². The molecular weight excluding hydrogens is 397 g/mol. The van der Waals surface area contributed by atoms with Crippen LogP contribution in [0.15, 0.2) is 96.0 Å². The van der Waals surface area contributed by atoms with Gasteiger partial charge in [0.15, 0.2) is 0 Å². The van der Waals surface area contributed by atoms with Crippen molar-refractivity contribution in [3.63, 3.8) is 0 Å². The fraction of sp³-hybridized carbons (Fsp3) is 0.0833. The van der Waals surface area contributed by atoms with Gasteiger partial charge in [0.05, 0.1) is 0 Å². The third-order valence-corrected chi connectivity index (χ3v) is 7.73. The molecule has 0 saturated heterocycles. The summed E-state index contributed by atoms with van der Waals surface area (Å²) in [6, 6.07) is 29.6. The van der Waals surface area contributed by atoms with E-state index < -0.39 is 13.8 Å². The van der Waals surface area contributed by atoms with E-state index in [4.69, 9.17) is 3.47 Å². The molecule has 0 aliphatic carbocycles. The molecule has 1 aliphatic heterocycles. The summed E-state index contributed by atoms with van der Waals surface area (Å²) in [5.74, 6) is 0.957. The van der Waals surface area contributed by atoms with Crippen molar-refractivity contribution in [1.82, 2.24) is 0 Å². The van der Waals surface area contributed by atoms with Gasteiger partial charge in [-0.05, 0) is 0 Å². The maximum atomic E-state index is 6.47. The first-order chi connectivity index (χ1) is 13.2. The van der Waals surface area contributed by atoms with Gasteiger partial charge in [-0.25, -0.2) is 0 Å². The second-order valence-electron chi connectivity index (χ2n) is 6.58. The van der Waals surface area contributed by atoms with E-state index in [0.29, 0.717) is 0 Å². The number of rotatable bonds is 4. The Morgan fingerprint density at radius 2 is 1.33 bits per heavy atom. The summed E-state index contributed by atoms with van der Waals surface area (Å²) in [4.78, 5) is 4.44. The molecular formula is C24H22NOSe+. The van der Waals surface area contributed by atoms with Gasteiger partial charge in [0.2, 0.25) is 0 Å². The van der Waals surface area contributed by atoms with Crippen LogP contribution >= 0.6 is 0 Å². The molecule has 3 aromatic carbocycles. The van der Waals surface area contributed by atoms with Crippen LogP contribution in [0.4, 0.5) is 5.69 Å². The van der Waals surface area contributed by atoms with Gasteiger partial charge in [-0.15, -0.1) is 0 Å². The Labute approximate surface area is 164 Å². The minimum atomic E-state index is -1.55. The third-order valence-electron chi connectivity index (χ3n) is 4.45. The molecule has 1 heterocycles. The summed E-state index contributed by atoms with van der Waals surface area (Å²) >= 11 is -1.55. The molecule has 0 aromatic heterocycles. The van der Waals surface area contributed by atoms with E-state index >= 15 is 0 Å². The van der Waals surface area contributed by atoms with Crippen molar-refractivity contribution in [3.8, 4) is 0 Å². The van der Waals surface area contributed by atoms with E-state index in [2.05, 4.69) is 109 Å². The molecule has 0 bridgehead atoms. The zero-order valence-electron chi connectivity index (χ0n) is 15.5. The monoisotopic (exact) mass is 420 g/mol. The van der Waals surface area contributed by atoms with E-state index in [-0.39, 0.29) is 0 Å². The molecule has 2 nitrogen and oxygen atoms in total. The van der Waals surface area contributed by atoms with Crippen molar-refractivity contribution < 1.29 is 3.47 Å². The molecule has 3 aromatic rings. The quantitative estimate of drug-likeness (QED) is 0.446. The van der Waals surface area contributed by atoms with Gasteiger partial charge in [0.25, 0.3) is 0 Å². The van der Waals surface area contributed by atoms with Crippen LogP contribution in [-0.2, 0) is 3.47 Å². The number of benzene rings is 3. The molecule has 0 fully saturated rings. The fourth-order valence-electron chi connectivity index (χ4n) is 2.94. The van der Waals surface area contributed by atoms with Crippen molar-refractivity contribution >= 4 is 35.3 Å². The average Bonchev–Trinajstić information content (AvgIpc) is 2.75. The Morgan fingerprint density at radius 3 is 1.96 bits per heavy atom. The van der Waals surface area contributed by atoms with Gasteiger partial charge in [0.1, 0.15) is 0 Å². The van der Waals surface area contributed by atoms with Gasteiger partial charge >= 0.3 is 165 Å². The van der Waals surface area contributed by atoms with Crippen molar-refractivity contribution in [1.29, 1.82) is 0 Å². The molecule has 3 heteroatoms. The van der Waals surface area contributed by atoms with Crippen LogP contribution in [0.2, 0.25) is 0 Å². The normalized spacial score (nSPS) is 16.1. The molecule has 0 amide bonds. The van der Waals surface area contributed by atoms with E-state index in [1.54, 1.807) is 0 Å². The number of nitrogens with zero attached hydrogens (tertiary/aromatic N) is 1. The molecule has 0 saturated carbocycles. The molecule has 27 heavy (non-hydrogen) atoms. The van der Waals surface area contributed by atoms with Crippen molar-refractivity contribution in [2.75, 3.05) is 19.0 Å². The van der Waals surface area contributed by atoms with E-state index in [1.807, 2.05) is 6.07 Å². The number of hydrogen-bond acceptors (Lipinski definition) is 1. The second-order valence-corrected chi connectivity index (χ2v) is 9.66. The summed E-state index contributed by atoms with van der Waals surface area (Å²) in [6.45, 7) is 0. The van der Waals surface area contributed by atoms with Crippen molar-refractivity contribution in [2.45, 2.75) is 0 Å². The summed E-state index contributed by atoms with van der Waals surface area (Å²) < 4.78 is 7.75. The minimum absolute atomic E-state index is 0.957. The second kappa shape index (κ2) is 7.87. The van der Waals surface area contributed by atoms with Crippen molar-refractivity contribution in [2.24, 2.45) is 0 Å². The molecule has 0 N–H and O–H groups in total. The predicted molar refractivity (Wildman–Crippen MR) is 116 cm³/mol. The van der Waals surface area contributed by atoms with Crippen LogP contribution in [0.3, 0.4) is 0 Å². The van der Waals surface area contributed by atoms with Crippen LogP contribution < -0.4 is 9.36 Å². The van der Waals surface area contributed by atoms with Crippen LogP contribution in [0.5, 0.6) is 0 Å². The maximum absolute atomic E-state index is 6.47. The summed E-state index contributed by atoms with van der Waals surface area (Å²) in [5, 5.41) is 0. The Morgan fingerprint density at radius 1 is 0.704 bits per heavy atom. The number of hydrogen-bond donors (Lipinski definition) is 0. The molecule has 1 atom stereocenters. The molecule has 0 radical (unpaired) electrons. The van der Waals surface area contributed by atoms with Crippen LogP contribution in [0.1, 0.15) is 11.1 Å². The van der Waals surface area contributed by atoms with Crippen LogP contribution in [-0.4, -0.2) is 27.9 Å². The zero-order valence-corrected chi connectivity index (χ0v) is 17.2. The Bertz CT molecular complexity index is 977. The predicted octanol–water partition coefficient (Wildman–Crippen LogP) is 4.59. The van der Waals surface area contributed by atoms with Crippen LogP contribution in [0, 0.1) is 0 Å². The van der Waals surface area contributed by atoms with Crippen LogP contribution in [0.25, 0.3) is 11.3 Å². The first kappa shape index (κ1) is 17.7. The standard InChI is InChI=1S/C24H22NOSe/c1-25(2)22-15-13-19(14-16-22)21-17-24(20-9-5-3-6-10-20)26-27(18-21)23-11-7-4-8-12-23/h3-18H,1-2H3/q+1. The zero-order chi connectivity index (χ0) is 18.6. The summed E-state index contributed by atoms with van der Waals surface area (Å²) in [6.07, 6.45) is 2.17. The first-order valence-corrected chi connectivity index (χ1v) is 11.5. The van der Waals surface area contributed by atoms with E-state index in [0.717, 1.165) is 11.3 Å². The first-order valence-electron chi connectivity index (χ1n) is 8.94. The molecule has 1 aliphatic rings. The van der Waals surface area contributed by atoms with Gasteiger partial charge in [-0.1, -0.05) is 0 Å². The topological polar surface area (TPSA) is 14.5 Å². The average molecular weight is 419 g/mol. The fourth-order valence-corrected chi connectivity index (χ4v) is 6.05. The van der Waals surface area contributed by atoms with Crippen molar-refractivity contribution in [3.05, 3.63) is 107 Å². The third kappa shape index (κ3) is 4.00. The summed E-state index contributed by atoms with van der Waals surface area (Å²) in [7, 11) is 4.13. The number of anilines is 1. The molecule has 1 unspecified atom stereocenters. The summed E-state index contributed by atoms with van der Waals surface area (Å²) in [5.41, 5.74) is 4.79. The molecule has 4 rings (SSSR count). The SMILES string of the molecule is CN(C)c1ccc(C2=C[Se](c3ccccc3)=[O+]C(c3ccccc3)=C2)cc1. The Kier molecular flexibility index (Phi) is 5.15. The van der Waals surface area contributed by atoms with E-state index in [1.165, 1.54) is 21.3 Å². The van der Waals surface area contributed by atoms with Gasteiger partial charge in [-0.2, -0.15) is 0 Å². The Hall–Kier alpha value is -2.74. The Balaban J connectivity index is 1.80. The van der Waals surface area contributed by atoms with E-state index in [9.17, 15) is 0 Å². The number of allylic oxidation sites excluding steroid dienone is 2. The van der Waals surface area contributed by atoms with Gasteiger partial charge in [-0.3, -0.25) is 0 Å². The molecule has 0 spiro atoms.